The maximum atomic E-state index is 14.2. The molecule has 0 saturated carbocycles. The minimum absolute atomic E-state index is 0.0185. The molecule has 15 aromatic rings. The maximum Gasteiger partial charge on any atom is 0.274 e. The van der Waals surface area contributed by atoms with Crippen LogP contribution in [0.15, 0.2) is 255 Å². The van der Waals surface area contributed by atoms with Gasteiger partial charge in [-0.3, -0.25) is 71.8 Å². The van der Waals surface area contributed by atoms with Gasteiger partial charge in [0.2, 0.25) is 0 Å². The standard InChI is InChI=1S/C32H27N9O2.C32H24N8O2.C31H25N9O2/c1-19(37-31(42)28-29(33)35-18-26(38-28)24-13-8-16-34-24)30-39-25-12-7-9-21(14-15-22-17-36-40(3)20(22)2)27(25)32(43)41(30)23-10-5-4-6-11-23;1-20(37-31(41)28-29(33)36-19-26(38-28)24-13-7-17-35-24)30-39-25-12-5-9-22(15-14-21-8-6-16-34-18-21)27(25)32(42)40(30)23-10-3-2-4-11-23;1-19(36-30(41)27-28(32)34-17-25(37-27)23-12-7-15-33-23)29-38-24-11-6-8-21(14-13-20-16-35-39(2)18-20)26(24)31(42)40(29)22-9-4-3-5-10-22/h4-7,9-13,16-19H,8H2,1-3H3,(H2,33,35)(H,37,42);2-6,8-13,16-20H,7H2,1H3,(H2,33,36)(H,37,41);3-6,8-12,15-19H,7H2,1-2H3,(H2,32,34)(H,36,41)/t19-;20-;19-/m000/s1. The molecule has 127 heavy (non-hydrogen) atoms. The van der Waals surface area contributed by atoms with Gasteiger partial charge in [0, 0.05) is 92.8 Å². The number of hydrogen-bond acceptors (Lipinski definition) is 24. The molecule has 0 bridgehead atoms. The lowest BCUT2D eigenvalue weighted by molar-refractivity contribution is 0.0925. The molecule has 3 aliphatic heterocycles. The third-order valence-electron chi connectivity index (χ3n) is 20.4. The number of nitrogen functional groups attached to an aromatic ring is 3. The second kappa shape index (κ2) is 36.7. The Morgan fingerprint density at radius 2 is 0.756 bits per heavy atom. The van der Waals surface area contributed by atoms with Crippen LogP contribution in [0, 0.1) is 42.4 Å². The molecule has 0 radical (unpaired) electrons. The van der Waals surface area contributed by atoms with Gasteiger partial charge in [0.15, 0.2) is 34.5 Å². The van der Waals surface area contributed by atoms with E-state index in [9.17, 15) is 28.8 Å². The number of allylic oxidation sites excluding steroid dienone is 3. The van der Waals surface area contributed by atoms with E-state index in [1.807, 2.05) is 112 Å². The Hall–Kier alpha value is -17.7. The first-order valence-electron chi connectivity index (χ1n) is 40.0. The van der Waals surface area contributed by atoms with Crippen molar-refractivity contribution in [3.05, 3.63) is 347 Å². The molecular formula is C95H76N26O6. The molecule has 0 fully saturated rings. The van der Waals surface area contributed by atoms with Crippen LogP contribution in [0.25, 0.3) is 66.9 Å². The molecule has 0 aliphatic carbocycles. The Balaban J connectivity index is 0.000000140. The van der Waals surface area contributed by atoms with Gasteiger partial charge in [0.1, 0.15) is 34.6 Å². The molecule has 9 N–H and O–H groups in total. The fraction of sp³-hybridized carbons (Fsp3) is 0.126. The van der Waals surface area contributed by atoms with Crippen molar-refractivity contribution in [2.24, 2.45) is 29.1 Å². The predicted octanol–water partition coefficient (Wildman–Crippen LogP) is 10.6. The van der Waals surface area contributed by atoms with E-state index in [4.69, 9.17) is 32.2 Å². The highest BCUT2D eigenvalue weighted by Gasteiger charge is 2.29. The SMILES string of the molecule is C[C@H](NC(=O)c1nc(C2=CCC=N2)cnc1N)c1nc2cccc(C#Cc3cccnc3)c2c(=O)n1-c1ccccc1.C[C@H](NC(=O)c1nc(C2=CCC=N2)cnc1N)c1nc2cccc(C#Cc3cnn(C)c3)c2c(=O)n1-c1ccccc1.Cc1c(C#Cc2cccc3nc([C@H](C)NC(=O)c4nc(C5=CCC=N5)cnc4N)n(-c4ccccc4)c(=O)c23)cnn1C. The predicted molar refractivity (Wildman–Crippen MR) is 486 cm³/mol. The fourth-order valence-corrected chi connectivity index (χ4v) is 14.0. The molecule has 18 rings (SSSR count). The van der Waals surface area contributed by atoms with Crippen LogP contribution in [0.3, 0.4) is 0 Å². The summed E-state index contributed by atoms with van der Waals surface area (Å²) >= 11 is 0. The normalized spacial score (nSPS) is 12.9. The summed E-state index contributed by atoms with van der Waals surface area (Å²) in [7, 11) is 3.66. The average molecular weight is 1680 g/mol. The molecule has 6 aromatic carbocycles. The second-order valence-corrected chi connectivity index (χ2v) is 29.1. The monoisotopic (exact) mass is 1680 g/mol. The summed E-state index contributed by atoms with van der Waals surface area (Å²) in [5.41, 5.74) is 28.1. The molecule has 0 unspecified atom stereocenters. The van der Waals surface area contributed by atoms with Crippen molar-refractivity contribution in [2.45, 2.75) is 65.1 Å². The van der Waals surface area contributed by atoms with Crippen molar-refractivity contribution in [3.63, 3.8) is 0 Å². The molecule has 0 spiro atoms. The van der Waals surface area contributed by atoms with Gasteiger partial charge in [-0.2, -0.15) is 10.2 Å². The molecule has 622 valence electrons. The van der Waals surface area contributed by atoms with Gasteiger partial charge in [-0.25, -0.2) is 44.9 Å². The number of pyridine rings is 1. The van der Waals surface area contributed by atoms with Crippen LogP contribution >= 0.6 is 0 Å². The van der Waals surface area contributed by atoms with Gasteiger partial charge < -0.3 is 33.2 Å². The smallest absolute Gasteiger partial charge is 0.274 e. The van der Waals surface area contributed by atoms with Gasteiger partial charge in [-0.05, 0) is 113 Å². The van der Waals surface area contributed by atoms with E-state index in [1.165, 1.54) is 32.3 Å². The van der Waals surface area contributed by atoms with Gasteiger partial charge >= 0.3 is 0 Å². The zero-order valence-corrected chi connectivity index (χ0v) is 69.1. The Labute approximate surface area is 724 Å². The first kappa shape index (κ1) is 82.9. The molecule has 0 saturated heterocycles. The lowest BCUT2D eigenvalue weighted by Gasteiger charge is -2.20. The third kappa shape index (κ3) is 17.9. The molecule has 3 amide bonds. The van der Waals surface area contributed by atoms with Crippen molar-refractivity contribution in [1.82, 2.24) is 99.1 Å². The number of nitrogens with two attached hydrogens (primary N) is 3. The number of rotatable bonds is 15. The van der Waals surface area contributed by atoms with Gasteiger partial charge in [-0.1, -0.05) is 127 Å². The van der Waals surface area contributed by atoms with Gasteiger partial charge in [0.25, 0.3) is 34.4 Å². The number of aliphatic imine (C=N–C) groups is 3. The van der Waals surface area contributed by atoms with Crippen molar-refractivity contribution in [2.75, 3.05) is 17.2 Å². The Bertz CT molecular complexity index is 7520. The topological polar surface area (TPSA) is 433 Å². The average Bonchev–Trinajstić information content (AvgIpc) is 1.27. The van der Waals surface area contributed by atoms with Gasteiger partial charge in [-0.15, -0.1) is 0 Å². The summed E-state index contributed by atoms with van der Waals surface area (Å²) < 4.78 is 7.89. The van der Waals surface area contributed by atoms with Crippen molar-refractivity contribution in [1.29, 1.82) is 0 Å². The Morgan fingerprint density at radius 3 is 1.08 bits per heavy atom. The first-order valence-corrected chi connectivity index (χ1v) is 40.0. The summed E-state index contributed by atoms with van der Waals surface area (Å²) in [5.74, 6) is 17.9. The minimum Gasteiger partial charge on any atom is -0.382 e. The van der Waals surface area contributed by atoms with E-state index < -0.39 is 35.8 Å². The Kier molecular flexibility index (Phi) is 24.0. The number of carbonyl (C=O) groups is 3. The van der Waals surface area contributed by atoms with Crippen LogP contribution in [-0.2, 0) is 14.1 Å². The van der Waals surface area contributed by atoms with E-state index in [1.54, 1.807) is 165 Å². The zero-order chi connectivity index (χ0) is 88.4. The van der Waals surface area contributed by atoms with Crippen LogP contribution in [0.4, 0.5) is 17.5 Å². The van der Waals surface area contributed by atoms with E-state index >= 15 is 0 Å². The number of para-hydroxylation sites is 3. The number of anilines is 3. The number of fused-ring (bicyclic) bond motifs is 3. The quantitative estimate of drug-likeness (QED) is 0.0519. The zero-order valence-electron chi connectivity index (χ0n) is 69.1. The molecule has 3 atom stereocenters. The third-order valence-corrected chi connectivity index (χ3v) is 20.4. The number of benzene rings is 6. The number of carbonyl (C=O) groups excluding carboxylic acids is 3. The number of nitrogens with zero attached hydrogens (tertiary/aromatic N) is 20. The number of aryl methyl sites for hydroxylation is 2. The highest BCUT2D eigenvalue weighted by atomic mass is 16.2. The molecule has 32 heteroatoms. The highest BCUT2D eigenvalue weighted by Crippen LogP contribution is 2.29. The molecule has 12 heterocycles. The maximum absolute atomic E-state index is 14.2. The van der Waals surface area contributed by atoms with E-state index in [0.29, 0.717) is 137 Å². The summed E-state index contributed by atoms with van der Waals surface area (Å²) in [4.78, 5) is 140. The number of nitrogens with one attached hydrogen (secondary N) is 3. The summed E-state index contributed by atoms with van der Waals surface area (Å²) in [6, 6.07) is 44.9. The first-order chi connectivity index (χ1) is 61.7. The highest BCUT2D eigenvalue weighted by molar-refractivity contribution is 5.99. The molecule has 3 aliphatic rings. The number of hydrogen-bond donors (Lipinski definition) is 6. The van der Waals surface area contributed by atoms with Crippen LogP contribution < -0.4 is 49.8 Å². The van der Waals surface area contributed by atoms with E-state index in [-0.39, 0.29) is 51.2 Å². The second-order valence-electron chi connectivity index (χ2n) is 29.1. The minimum atomic E-state index is -0.717. The van der Waals surface area contributed by atoms with Crippen LogP contribution in [0.5, 0.6) is 0 Å². The summed E-state index contributed by atoms with van der Waals surface area (Å²) in [5, 5.41) is 18.2. The number of aromatic nitrogens is 17. The van der Waals surface area contributed by atoms with Crippen LogP contribution in [0.2, 0.25) is 0 Å². The van der Waals surface area contributed by atoms with Crippen LogP contribution in [0.1, 0.15) is 163 Å². The van der Waals surface area contributed by atoms with E-state index in [2.05, 4.69) is 112 Å². The largest absolute Gasteiger partial charge is 0.382 e. The molecule has 32 nitrogen and oxygen atoms in total. The van der Waals surface area contributed by atoms with Crippen LogP contribution in [-0.4, -0.2) is 119 Å². The lowest BCUT2D eigenvalue weighted by atomic mass is 10.1. The number of amides is 3. The van der Waals surface area contributed by atoms with E-state index in [0.717, 1.165) is 22.4 Å². The van der Waals surface area contributed by atoms with Crippen molar-refractivity contribution >= 4 is 104 Å². The Morgan fingerprint density at radius 1 is 0.394 bits per heavy atom. The van der Waals surface area contributed by atoms with Gasteiger partial charge in [0.05, 0.1) is 133 Å². The lowest BCUT2D eigenvalue weighted by Crippen LogP contribution is -2.34. The molecular weight excluding hydrogens is 1600 g/mol. The van der Waals surface area contributed by atoms with Crippen molar-refractivity contribution < 1.29 is 14.4 Å². The van der Waals surface area contributed by atoms with Crippen molar-refractivity contribution in [3.8, 4) is 52.6 Å². The summed E-state index contributed by atoms with van der Waals surface area (Å²) in [6.45, 7) is 7.17. The molecule has 9 aromatic heterocycles. The summed E-state index contributed by atoms with van der Waals surface area (Å²) in [6.07, 6.45) is 25.9. The fourth-order valence-electron chi connectivity index (χ4n) is 14.0.